The third-order valence-corrected chi connectivity index (χ3v) is 3.10. The van der Waals surface area contributed by atoms with Crippen LogP contribution in [0.3, 0.4) is 0 Å². The van der Waals surface area contributed by atoms with Crippen LogP contribution in [0.25, 0.3) is 0 Å². The molecular weight excluding hydrogens is 298 g/mol. The van der Waals surface area contributed by atoms with Crippen molar-refractivity contribution >= 4 is 0 Å². The molecular formula is C12H17Cl3Ti. The van der Waals surface area contributed by atoms with E-state index in [2.05, 4.69) is 19.9 Å². The quantitative estimate of drug-likeness (QED) is 0.358. The average molecular weight is 315 g/mol. The van der Waals surface area contributed by atoms with E-state index in [1.165, 1.54) is 32.1 Å². The molecule has 16 heavy (non-hydrogen) atoms. The van der Waals surface area contributed by atoms with Gasteiger partial charge in [0.15, 0.2) is 0 Å². The fourth-order valence-electron chi connectivity index (χ4n) is 2.45. The molecule has 0 nitrogen and oxygen atoms in total. The first-order valence-corrected chi connectivity index (χ1v) is 5.10. The van der Waals surface area contributed by atoms with Gasteiger partial charge >= 0.3 is 21.7 Å². The Morgan fingerprint density at radius 1 is 1.12 bits per heavy atom. The summed E-state index contributed by atoms with van der Waals surface area (Å²) in [6, 6.07) is 2.40. The van der Waals surface area contributed by atoms with Crippen molar-refractivity contribution in [3.8, 4) is 0 Å². The van der Waals surface area contributed by atoms with Crippen LogP contribution in [0, 0.1) is 6.92 Å². The van der Waals surface area contributed by atoms with Gasteiger partial charge in [-0.3, -0.25) is 0 Å². The molecule has 4 heteroatoms. The molecule has 90 valence electrons. The summed E-state index contributed by atoms with van der Waals surface area (Å²) in [5.74, 6) is 0. The van der Waals surface area contributed by atoms with Crippen LogP contribution in [0.4, 0.5) is 0 Å². The molecule has 0 saturated carbocycles. The third kappa shape index (κ3) is 4.31. The van der Waals surface area contributed by atoms with E-state index in [9.17, 15) is 0 Å². The standard InChI is InChI=1S/C12H17.3ClH.Ti/c1-3-10-8-9(2)11-6-4-5-7-12(10)11;;;;/h8H,3-7H2,1-2H3;3*1H;/q-1;;;;+4/p-3. The molecule has 1 aliphatic carbocycles. The van der Waals surface area contributed by atoms with Gasteiger partial charge < -0.3 is 37.2 Å². The smallest absolute Gasteiger partial charge is 1.00 e. The van der Waals surface area contributed by atoms with Gasteiger partial charge in [0.2, 0.25) is 0 Å². The van der Waals surface area contributed by atoms with E-state index in [0.717, 1.165) is 0 Å². The molecule has 0 bridgehead atoms. The Kier molecular flexibility index (Phi) is 13.7. The van der Waals surface area contributed by atoms with Gasteiger partial charge in [0.25, 0.3) is 0 Å². The number of fused-ring (bicyclic) bond motifs is 1. The molecule has 0 atom stereocenters. The van der Waals surface area contributed by atoms with Crippen LogP contribution in [-0.2, 0) is 41.0 Å². The molecule has 0 spiro atoms. The first-order valence-electron chi connectivity index (χ1n) is 5.10. The second kappa shape index (κ2) is 9.91. The number of halogens is 3. The largest absolute Gasteiger partial charge is 4.00 e. The van der Waals surface area contributed by atoms with Gasteiger partial charge in [-0.25, -0.2) is 0 Å². The average Bonchev–Trinajstić information content (AvgIpc) is 2.44. The zero-order chi connectivity index (χ0) is 8.55. The Labute approximate surface area is 132 Å². The third-order valence-electron chi connectivity index (χ3n) is 3.10. The minimum absolute atomic E-state index is 0. The maximum absolute atomic E-state index is 2.40. The Morgan fingerprint density at radius 2 is 1.69 bits per heavy atom. The van der Waals surface area contributed by atoms with Gasteiger partial charge in [-0.15, -0.1) is 0 Å². The summed E-state index contributed by atoms with van der Waals surface area (Å²) in [5, 5.41) is 0. The minimum Gasteiger partial charge on any atom is -1.00 e. The Bertz CT molecular complexity index is 295. The van der Waals surface area contributed by atoms with E-state index in [4.69, 9.17) is 0 Å². The molecule has 1 aromatic rings. The van der Waals surface area contributed by atoms with Crippen molar-refractivity contribution in [2.45, 2.75) is 46.0 Å². The van der Waals surface area contributed by atoms with E-state index >= 15 is 0 Å². The molecule has 0 heterocycles. The van der Waals surface area contributed by atoms with Gasteiger partial charge in [-0.05, 0) is 0 Å². The second-order valence-corrected chi connectivity index (χ2v) is 3.87. The molecule has 0 saturated heterocycles. The molecule has 0 radical (unpaired) electrons. The van der Waals surface area contributed by atoms with Gasteiger partial charge in [0, 0.05) is 0 Å². The van der Waals surface area contributed by atoms with Crippen LogP contribution >= 0.6 is 0 Å². The molecule has 0 aromatic heterocycles. The van der Waals surface area contributed by atoms with E-state index in [1.54, 1.807) is 22.3 Å². The number of aryl methyl sites for hydroxylation is 2. The Morgan fingerprint density at radius 3 is 2.25 bits per heavy atom. The summed E-state index contributed by atoms with van der Waals surface area (Å²) < 4.78 is 0. The number of rotatable bonds is 1. The number of hydrogen-bond donors (Lipinski definition) is 0. The van der Waals surface area contributed by atoms with Crippen molar-refractivity contribution in [1.82, 2.24) is 0 Å². The SMILES string of the molecule is CC[c-]1cc(C)c2c1CCCC2.[Cl-].[Cl-].[Cl-].[Ti+4]. The summed E-state index contributed by atoms with van der Waals surface area (Å²) >= 11 is 0. The zero-order valence-corrected chi connectivity index (χ0v) is 13.6. The van der Waals surface area contributed by atoms with Crippen molar-refractivity contribution in [3.05, 3.63) is 28.3 Å². The summed E-state index contributed by atoms with van der Waals surface area (Å²) in [4.78, 5) is 0. The predicted octanol–water partition coefficient (Wildman–Crippen LogP) is -5.84. The van der Waals surface area contributed by atoms with Gasteiger partial charge in [0.05, 0.1) is 0 Å². The monoisotopic (exact) mass is 314 g/mol. The van der Waals surface area contributed by atoms with Crippen LogP contribution in [-0.4, -0.2) is 0 Å². The molecule has 0 unspecified atom stereocenters. The molecule has 0 amide bonds. The predicted molar refractivity (Wildman–Crippen MR) is 52.8 cm³/mol. The van der Waals surface area contributed by atoms with Gasteiger partial charge in [0.1, 0.15) is 0 Å². The molecule has 0 fully saturated rings. The van der Waals surface area contributed by atoms with E-state index < -0.39 is 0 Å². The number of hydrogen-bond acceptors (Lipinski definition) is 0. The van der Waals surface area contributed by atoms with Gasteiger partial charge in [-0.2, -0.15) is 28.3 Å². The van der Waals surface area contributed by atoms with Crippen molar-refractivity contribution in [2.75, 3.05) is 0 Å². The maximum atomic E-state index is 2.40. The normalized spacial score (nSPS) is 12.1. The fourth-order valence-corrected chi connectivity index (χ4v) is 2.45. The molecule has 1 aliphatic rings. The summed E-state index contributed by atoms with van der Waals surface area (Å²) in [5.41, 5.74) is 6.53. The summed E-state index contributed by atoms with van der Waals surface area (Å²) in [6.07, 6.45) is 6.70. The van der Waals surface area contributed by atoms with E-state index in [-0.39, 0.29) is 58.9 Å². The van der Waals surface area contributed by atoms with Crippen LogP contribution in [0.2, 0.25) is 0 Å². The van der Waals surface area contributed by atoms with Crippen molar-refractivity contribution < 1.29 is 58.9 Å². The van der Waals surface area contributed by atoms with Crippen LogP contribution in [0.1, 0.15) is 42.0 Å². The van der Waals surface area contributed by atoms with E-state index in [1.807, 2.05) is 0 Å². The fraction of sp³-hybridized carbons (Fsp3) is 0.583. The molecule has 0 aliphatic heterocycles. The topological polar surface area (TPSA) is 0 Å². The first kappa shape index (κ1) is 22.1. The molecule has 0 N–H and O–H groups in total. The zero-order valence-electron chi connectivity index (χ0n) is 9.75. The summed E-state index contributed by atoms with van der Waals surface area (Å²) in [6.45, 7) is 4.53. The molecule has 1 aromatic carbocycles. The van der Waals surface area contributed by atoms with Crippen molar-refractivity contribution in [1.29, 1.82) is 0 Å². The van der Waals surface area contributed by atoms with E-state index in [0.29, 0.717) is 0 Å². The van der Waals surface area contributed by atoms with Crippen LogP contribution in [0.5, 0.6) is 0 Å². The summed E-state index contributed by atoms with van der Waals surface area (Å²) in [7, 11) is 0. The van der Waals surface area contributed by atoms with Gasteiger partial charge in [-0.1, -0.05) is 46.0 Å². The van der Waals surface area contributed by atoms with Crippen molar-refractivity contribution in [3.63, 3.8) is 0 Å². The van der Waals surface area contributed by atoms with Crippen LogP contribution < -0.4 is 37.2 Å². The second-order valence-electron chi connectivity index (χ2n) is 3.87. The van der Waals surface area contributed by atoms with Crippen molar-refractivity contribution in [2.24, 2.45) is 0 Å². The Balaban J connectivity index is -0.000000422. The molecule has 2 rings (SSSR count). The van der Waals surface area contributed by atoms with Crippen LogP contribution in [0.15, 0.2) is 6.07 Å². The minimum atomic E-state index is 0. The first-order chi connectivity index (χ1) is 5.83. The Hall–Kier alpha value is 0.934. The maximum Gasteiger partial charge on any atom is 4.00 e.